The van der Waals surface area contributed by atoms with Crippen molar-refractivity contribution < 1.29 is 31.5 Å². The van der Waals surface area contributed by atoms with Crippen LogP contribution in [0.2, 0.25) is 0 Å². The summed E-state index contributed by atoms with van der Waals surface area (Å²) in [5.74, 6) is -3.61. The van der Waals surface area contributed by atoms with Gasteiger partial charge in [-0.3, -0.25) is 0 Å². The number of rotatable bonds is 3. The van der Waals surface area contributed by atoms with Gasteiger partial charge in [0.2, 0.25) is 11.2 Å². The molecule has 1 rings (SSSR count). The highest BCUT2D eigenvalue weighted by molar-refractivity contribution is 8.21. The summed E-state index contributed by atoms with van der Waals surface area (Å²) >= 11 is -5.78. The number of carbonyl (C=O) groups is 2. The third kappa shape index (κ3) is 2.27. The van der Waals surface area contributed by atoms with Gasteiger partial charge in [0, 0.05) is 0 Å². The Morgan fingerprint density at radius 1 is 1.06 bits per heavy atom. The molecule has 0 bridgehead atoms. The molecule has 2 N–H and O–H groups in total. The molecular weight excluding hydrogens is 249 g/mol. The first-order chi connectivity index (χ1) is 7.25. The van der Waals surface area contributed by atoms with E-state index in [9.17, 15) is 21.2 Å². The van der Waals surface area contributed by atoms with E-state index in [1.54, 1.807) is 0 Å². The quantitative estimate of drug-likeness (QED) is 0.869. The fraction of sp³-hybridized carbons (Fsp3) is 0. The van der Waals surface area contributed by atoms with Crippen molar-refractivity contribution in [2.75, 3.05) is 0 Å². The Morgan fingerprint density at radius 3 is 2.00 bits per heavy atom. The minimum atomic E-state index is -5.78. The van der Waals surface area contributed by atoms with Crippen LogP contribution in [0.5, 0.6) is 0 Å². The van der Waals surface area contributed by atoms with Crippen molar-refractivity contribution in [3.05, 3.63) is 29.3 Å². The second kappa shape index (κ2) is 4.05. The predicted octanol–water partition coefficient (Wildman–Crippen LogP) is 2.90. The van der Waals surface area contributed by atoms with Gasteiger partial charge in [-0.25, -0.2) is 9.59 Å². The Bertz CT molecular complexity index is 455. The summed E-state index contributed by atoms with van der Waals surface area (Å²) in [6, 6.07) is 2.25. The van der Waals surface area contributed by atoms with E-state index >= 15 is 0 Å². The average molecular weight is 254 g/mol. The van der Waals surface area contributed by atoms with Gasteiger partial charge in [0.15, 0.2) is 0 Å². The maximum absolute atomic E-state index is 12.5. The standard InChI is InChI=1S/C8H5F3O4S/c9-16(10,11)5-3-1-2-4(7(12)13)6(5)8(14)15/h1-3H,(H,12,13)(H,14,15). The fourth-order valence-electron chi connectivity index (χ4n) is 1.12. The van der Waals surface area contributed by atoms with Gasteiger partial charge in [-0.2, -0.15) is 0 Å². The van der Waals surface area contributed by atoms with Gasteiger partial charge < -0.3 is 10.2 Å². The first-order valence-electron chi connectivity index (χ1n) is 3.77. The molecule has 0 amide bonds. The van der Waals surface area contributed by atoms with Gasteiger partial charge in [0.1, 0.15) is 0 Å². The van der Waals surface area contributed by atoms with Gasteiger partial charge >= 0.3 is 11.9 Å². The maximum atomic E-state index is 12.5. The van der Waals surface area contributed by atoms with Crippen LogP contribution in [0.3, 0.4) is 0 Å². The zero-order chi connectivity index (χ0) is 12.5. The molecule has 0 aliphatic carbocycles. The van der Waals surface area contributed by atoms with Crippen molar-refractivity contribution in [1.29, 1.82) is 0 Å². The number of hydrogen-bond acceptors (Lipinski definition) is 2. The number of carboxylic acids is 2. The summed E-state index contributed by atoms with van der Waals surface area (Å²) in [5, 5.41) is 17.2. The molecule has 16 heavy (non-hydrogen) atoms. The van der Waals surface area contributed by atoms with Crippen molar-refractivity contribution in [2.24, 2.45) is 0 Å². The van der Waals surface area contributed by atoms with Crippen LogP contribution in [0.4, 0.5) is 11.7 Å². The molecule has 1 aromatic carbocycles. The Labute approximate surface area is 89.5 Å². The first-order valence-corrected chi connectivity index (χ1v) is 5.10. The van der Waals surface area contributed by atoms with E-state index in [2.05, 4.69) is 0 Å². The third-order valence-electron chi connectivity index (χ3n) is 1.72. The van der Waals surface area contributed by atoms with Crippen molar-refractivity contribution in [3.63, 3.8) is 0 Å². The highest BCUT2D eigenvalue weighted by Crippen LogP contribution is 2.61. The molecule has 0 saturated heterocycles. The molecule has 0 aliphatic rings. The second-order valence-electron chi connectivity index (χ2n) is 2.70. The summed E-state index contributed by atoms with van der Waals surface area (Å²) in [5.41, 5.74) is -2.08. The van der Waals surface area contributed by atoms with E-state index in [0.717, 1.165) is 12.1 Å². The Morgan fingerprint density at radius 2 is 1.62 bits per heavy atom. The molecule has 88 valence electrons. The zero-order valence-electron chi connectivity index (χ0n) is 7.49. The number of hydrogen-bond donors (Lipinski definition) is 2. The topological polar surface area (TPSA) is 74.6 Å². The molecule has 0 unspecified atom stereocenters. The lowest BCUT2D eigenvalue weighted by Gasteiger charge is -2.14. The molecule has 0 heterocycles. The van der Waals surface area contributed by atoms with Crippen LogP contribution < -0.4 is 0 Å². The summed E-state index contributed by atoms with van der Waals surface area (Å²) in [6.45, 7) is 0. The van der Waals surface area contributed by atoms with Gasteiger partial charge in [-0.1, -0.05) is 6.07 Å². The number of carboxylic acid groups (broad SMARTS) is 2. The van der Waals surface area contributed by atoms with E-state index < -0.39 is 39.1 Å². The van der Waals surface area contributed by atoms with Crippen LogP contribution >= 0.6 is 11.2 Å². The second-order valence-corrected chi connectivity index (χ2v) is 3.95. The lowest BCUT2D eigenvalue weighted by atomic mass is 10.1. The fourth-order valence-corrected chi connectivity index (χ4v) is 1.78. The van der Waals surface area contributed by atoms with E-state index in [-0.39, 0.29) is 0 Å². The predicted molar refractivity (Wildman–Crippen MR) is 49.5 cm³/mol. The smallest absolute Gasteiger partial charge is 0.337 e. The molecular formula is C8H5F3O4S. The minimum absolute atomic E-state index is 0.561. The van der Waals surface area contributed by atoms with Crippen LogP contribution in [0.1, 0.15) is 20.7 Å². The Hall–Kier alpha value is -1.70. The van der Waals surface area contributed by atoms with Crippen molar-refractivity contribution >= 4 is 23.1 Å². The van der Waals surface area contributed by atoms with Crippen LogP contribution in [0.25, 0.3) is 0 Å². The zero-order valence-corrected chi connectivity index (χ0v) is 8.30. The highest BCUT2D eigenvalue weighted by atomic mass is 32.3. The minimum Gasteiger partial charge on any atom is -0.478 e. The van der Waals surface area contributed by atoms with Gasteiger partial charge in [-0.05, 0) is 12.1 Å². The van der Waals surface area contributed by atoms with E-state index in [1.807, 2.05) is 0 Å². The molecule has 0 aromatic heterocycles. The van der Waals surface area contributed by atoms with E-state index in [4.69, 9.17) is 10.2 Å². The monoisotopic (exact) mass is 254 g/mol. The van der Waals surface area contributed by atoms with Crippen LogP contribution in [-0.4, -0.2) is 22.2 Å². The lowest BCUT2D eigenvalue weighted by Crippen LogP contribution is -2.10. The van der Waals surface area contributed by atoms with Crippen LogP contribution in [0, 0.1) is 0 Å². The summed E-state index contributed by atoms with van der Waals surface area (Å²) in [4.78, 5) is 19.8. The highest BCUT2D eigenvalue weighted by Gasteiger charge is 2.33. The molecule has 8 heteroatoms. The average Bonchev–Trinajstić information content (AvgIpc) is 2.14. The lowest BCUT2D eigenvalue weighted by molar-refractivity contribution is 0.0648. The number of aromatic carboxylic acids is 2. The molecule has 0 aliphatic heterocycles. The summed E-state index contributed by atoms with van der Waals surface area (Å²) < 4.78 is 37.4. The third-order valence-corrected chi connectivity index (χ3v) is 2.56. The van der Waals surface area contributed by atoms with Gasteiger partial charge in [0.25, 0.3) is 0 Å². The van der Waals surface area contributed by atoms with Crippen molar-refractivity contribution in [2.45, 2.75) is 4.90 Å². The Balaban J connectivity index is 3.58. The molecule has 0 atom stereocenters. The van der Waals surface area contributed by atoms with E-state index in [0.29, 0.717) is 6.07 Å². The largest absolute Gasteiger partial charge is 0.478 e. The van der Waals surface area contributed by atoms with Crippen LogP contribution in [-0.2, 0) is 0 Å². The van der Waals surface area contributed by atoms with Crippen molar-refractivity contribution in [3.8, 4) is 0 Å². The van der Waals surface area contributed by atoms with Gasteiger partial charge in [0.05, 0.1) is 16.0 Å². The molecule has 0 saturated carbocycles. The van der Waals surface area contributed by atoms with E-state index in [1.165, 1.54) is 0 Å². The summed E-state index contributed by atoms with van der Waals surface area (Å²) in [6.07, 6.45) is 0. The Kier molecular flexibility index (Phi) is 3.13. The molecule has 0 radical (unpaired) electrons. The van der Waals surface area contributed by atoms with Crippen molar-refractivity contribution in [1.82, 2.24) is 0 Å². The molecule has 0 spiro atoms. The molecule has 0 fully saturated rings. The van der Waals surface area contributed by atoms with Gasteiger partial charge in [-0.15, -0.1) is 11.7 Å². The molecule has 4 nitrogen and oxygen atoms in total. The molecule has 1 aromatic rings. The number of benzene rings is 1. The summed E-state index contributed by atoms with van der Waals surface area (Å²) in [7, 11) is 0. The number of halogens is 3. The maximum Gasteiger partial charge on any atom is 0.337 e. The SMILES string of the molecule is O=C(O)c1cccc(S(F)(F)F)c1C(=O)O. The first kappa shape index (κ1) is 12.4. The normalized spacial score (nSPS) is 12.2. The van der Waals surface area contributed by atoms with Crippen LogP contribution in [0.15, 0.2) is 23.1 Å².